The SMILES string of the molecule is CC[C@H](C(=O)NC1CCCCC1)N(Cc1ccc(OC)cc1)C(=O)CN(c1ccc(Br)cc1)S(=O)(=O)c1ccccc1. The van der Waals surface area contributed by atoms with Crippen molar-refractivity contribution in [2.45, 2.75) is 69.0 Å². The van der Waals surface area contributed by atoms with Gasteiger partial charge in [-0.15, -0.1) is 0 Å². The maximum atomic E-state index is 14.2. The Hall–Kier alpha value is -3.37. The average molecular weight is 657 g/mol. The smallest absolute Gasteiger partial charge is 0.264 e. The highest BCUT2D eigenvalue weighted by atomic mass is 79.9. The number of halogens is 1. The molecule has 0 aliphatic heterocycles. The quantitative estimate of drug-likeness (QED) is 0.262. The molecule has 0 radical (unpaired) electrons. The molecule has 1 atom stereocenters. The molecule has 0 aromatic heterocycles. The second kappa shape index (κ2) is 14.7. The molecule has 0 heterocycles. The summed E-state index contributed by atoms with van der Waals surface area (Å²) in [6.45, 7) is 1.54. The van der Waals surface area contributed by atoms with Crippen molar-refractivity contribution in [3.63, 3.8) is 0 Å². The van der Waals surface area contributed by atoms with Gasteiger partial charge in [-0.3, -0.25) is 13.9 Å². The van der Waals surface area contributed by atoms with Gasteiger partial charge in [-0.1, -0.05) is 72.4 Å². The predicted octanol–water partition coefficient (Wildman–Crippen LogP) is 5.91. The summed E-state index contributed by atoms with van der Waals surface area (Å²) in [6, 6.07) is 21.4. The van der Waals surface area contributed by atoms with Gasteiger partial charge in [-0.2, -0.15) is 0 Å². The van der Waals surface area contributed by atoms with Crippen LogP contribution in [0.5, 0.6) is 5.75 Å². The van der Waals surface area contributed by atoms with E-state index in [1.807, 2.05) is 19.1 Å². The van der Waals surface area contributed by atoms with Crippen LogP contribution in [-0.2, 0) is 26.2 Å². The molecule has 1 saturated carbocycles. The van der Waals surface area contributed by atoms with Gasteiger partial charge in [0.05, 0.1) is 17.7 Å². The second-order valence-corrected chi connectivity index (χ2v) is 13.2. The van der Waals surface area contributed by atoms with E-state index in [0.29, 0.717) is 17.9 Å². The summed E-state index contributed by atoms with van der Waals surface area (Å²) in [5, 5.41) is 3.17. The number of nitrogens with one attached hydrogen (secondary N) is 1. The predicted molar refractivity (Wildman–Crippen MR) is 168 cm³/mol. The summed E-state index contributed by atoms with van der Waals surface area (Å²) >= 11 is 3.40. The third kappa shape index (κ3) is 7.92. The van der Waals surface area contributed by atoms with Crippen molar-refractivity contribution in [3.05, 3.63) is 88.9 Å². The highest BCUT2D eigenvalue weighted by Gasteiger charge is 2.34. The third-order valence-corrected chi connectivity index (χ3v) is 9.89. The van der Waals surface area contributed by atoms with Crippen LogP contribution in [0.15, 0.2) is 88.2 Å². The van der Waals surface area contributed by atoms with Crippen molar-refractivity contribution >= 4 is 43.5 Å². The van der Waals surface area contributed by atoms with Gasteiger partial charge in [0.15, 0.2) is 0 Å². The molecule has 0 saturated heterocycles. The van der Waals surface area contributed by atoms with Crippen molar-refractivity contribution in [2.24, 2.45) is 0 Å². The monoisotopic (exact) mass is 655 g/mol. The van der Waals surface area contributed by atoms with Crippen molar-refractivity contribution < 1.29 is 22.7 Å². The van der Waals surface area contributed by atoms with Gasteiger partial charge in [0.25, 0.3) is 10.0 Å². The highest BCUT2D eigenvalue weighted by Crippen LogP contribution is 2.27. The molecule has 10 heteroatoms. The number of rotatable bonds is 12. The number of carbonyl (C=O) groups excluding carboxylic acids is 2. The number of anilines is 1. The average Bonchev–Trinajstić information content (AvgIpc) is 3.01. The van der Waals surface area contributed by atoms with Gasteiger partial charge in [0.1, 0.15) is 18.3 Å². The van der Waals surface area contributed by atoms with Crippen LogP contribution < -0.4 is 14.4 Å². The van der Waals surface area contributed by atoms with Gasteiger partial charge in [-0.25, -0.2) is 8.42 Å². The minimum Gasteiger partial charge on any atom is -0.497 e. The van der Waals surface area contributed by atoms with Crippen molar-refractivity contribution in [3.8, 4) is 5.75 Å². The highest BCUT2D eigenvalue weighted by molar-refractivity contribution is 9.10. The summed E-state index contributed by atoms with van der Waals surface area (Å²) in [7, 11) is -2.52. The first-order chi connectivity index (χ1) is 20.2. The zero-order valence-electron chi connectivity index (χ0n) is 24.0. The van der Waals surface area contributed by atoms with Crippen LogP contribution in [0.3, 0.4) is 0 Å². The Balaban J connectivity index is 1.69. The summed E-state index contributed by atoms with van der Waals surface area (Å²) in [5.74, 6) is -0.0136. The van der Waals surface area contributed by atoms with E-state index in [4.69, 9.17) is 4.74 Å². The van der Waals surface area contributed by atoms with Crippen LogP contribution in [-0.4, -0.2) is 50.9 Å². The number of hydrogen-bond donors (Lipinski definition) is 1. The van der Waals surface area contributed by atoms with Crippen LogP contribution in [0.1, 0.15) is 51.0 Å². The van der Waals surface area contributed by atoms with E-state index in [2.05, 4.69) is 21.2 Å². The maximum absolute atomic E-state index is 14.2. The third-order valence-electron chi connectivity index (χ3n) is 7.57. The number of hydrogen-bond acceptors (Lipinski definition) is 5. The van der Waals surface area contributed by atoms with Gasteiger partial charge in [-0.05, 0) is 73.4 Å². The Morgan fingerprint density at radius 3 is 2.19 bits per heavy atom. The largest absolute Gasteiger partial charge is 0.497 e. The van der Waals surface area contributed by atoms with E-state index in [-0.39, 0.29) is 23.4 Å². The molecule has 1 N–H and O–H groups in total. The first-order valence-corrected chi connectivity index (χ1v) is 16.5. The lowest BCUT2D eigenvalue weighted by molar-refractivity contribution is -0.140. The van der Waals surface area contributed by atoms with Crippen LogP contribution in [0.4, 0.5) is 5.69 Å². The summed E-state index contributed by atoms with van der Waals surface area (Å²) in [6.07, 6.45) is 5.51. The Bertz CT molecular complexity index is 1430. The number of nitrogens with zero attached hydrogens (tertiary/aromatic N) is 2. The molecule has 224 valence electrons. The van der Waals surface area contributed by atoms with Crippen LogP contribution in [0.25, 0.3) is 0 Å². The van der Waals surface area contributed by atoms with Crippen molar-refractivity contribution in [2.75, 3.05) is 18.0 Å². The number of sulfonamides is 1. The first kappa shape index (κ1) is 31.6. The Kier molecular flexibility index (Phi) is 11.0. The molecule has 0 bridgehead atoms. The summed E-state index contributed by atoms with van der Waals surface area (Å²) in [5.41, 5.74) is 1.15. The van der Waals surface area contributed by atoms with Crippen LogP contribution in [0.2, 0.25) is 0 Å². The molecule has 2 amide bonds. The topological polar surface area (TPSA) is 96.0 Å². The molecule has 1 aliphatic rings. The molecule has 1 aliphatic carbocycles. The summed E-state index contributed by atoms with van der Waals surface area (Å²) in [4.78, 5) is 29.4. The lowest BCUT2D eigenvalue weighted by Crippen LogP contribution is -2.54. The van der Waals surface area contributed by atoms with E-state index in [1.165, 1.54) is 17.0 Å². The van der Waals surface area contributed by atoms with Gasteiger partial charge >= 0.3 is 0 Å². The lowest BCUT2D eigenvalue weighted by atomic mass is 9.95. The van der Waals surface area contributed by atoms with E-state index in [9.17, 15) is 18.0 Å². The van der Waals surface area contributed by atoms with Crippen molar-refractivity contribution in [1.82, 2.24) is 10.2 Å². The van der Waals surface area contributed by atoms with E-state index in [1.54, 1.807) is 61.7 Å². The van der Waals surface area contributed by atoms with Crippen molar-refractivity contribution in [1.29, 1.82) is 0 Å². The molecular formula is C32H38BrN3O5S. The lowest BCUT2D eigenvalue weighted by Gasteiger charge is -2.34. The number of carbonyl (C=O) groups is 2. The fraction of sp³-hybridized carbons (Fsp3) is 0.375. The Labute approximate surface area is 257 Å². The molecule has 3 aromatic rings. The van der Waals surface area contributed by atoms with Crippen LogP contribution >= 0.6 is 15.9 Å². The zero-order chi connectivity index (χ0) is 30.1. The maximum Gasteiger partial charge on any atom is 0.264 e. The minimum absolute atomic E-state index is 0.0736. The van der Waals surface area contributed by atoms with E-state index < -0.39 is 28.5 Å². The van der Waals surface area contributed by atoms with E-state index in [0.717, 1.165) is 46.4 Å². The van der Waals surface area contributed by atoms with Gasteiger partial charge in [0.2, 0.25) is 11.8 Å². The number of ether oxygens (including phenoxy) is 1. The fourth-order valence-corrected chi connectivity index (χ4v) is 6.95. The van der Waals surface area contributed by atoms with Gasteiger partial charge in [0, 0.05) is 17.1 Å². The fourth-order valence-electron chi connectivity index (χ4n) is 5.25. The first-order valence-electron chi connectivity index (χ1n) is 14.3. The Morgan fingerprint density at radius 2 is 1.60 bits per heavy atom. The number of benzene rings is 3. The Morgan fingerprint density at radius 1 is 0.952 bits per heavy atom. The molecular weight excluding hydrogens is 618 g/mol. The zero-order valence-corrected chi connectivity index (χ0v) is 26.4. The van der Waals surface area contributed by atoms with Gasteiger partial charge < -0.3 is 15.0 Å². The summed E-state index contributed by atoms with van der Waals surface area (Å²) < 4.78 is 35.0. The molecule has 4 rings (SSSR count). The van der Waals surface area contributed by atoms with Crippen LogP contribution in [0, 0.1) is 0 Å². The molecule has 3 aromatic carbocycles. The molecule has 42 heavy (non-hydrogen) atoms. The number of amides is 2. The normalized spacial score (nSPS) is 14.5. The standard InChI is InChI=1S/C32H38BrN3O5S/c1-3-30(32(38)34-26-10-6-4-7-11-26)35(22-24-14-20-28(41-2)21-15-24)31(37)23-36(27-18-16-25(33)17-19-27)42(39,40)29-12-8-5-9-13-29/h5,8-9,12-21,26,30H,3-4,6-7,10-11,22-23H2,1-2H3,(H,34,38)/t30-/m1/s1. The molecule has 0 spiro atoms. The second-order valence-electron chi connectivity index (χ2n) is 10.4. The molecule has 0 unspecified atom stereocenters. The number of methoxy groups -OCH3 is 1. The van der Waals surface area contributed by atoms with E-state index >= 15 is 0 Å². The minimum atomic E-state index is -4.10. The molecule has 8 nitrogen and oxygen atoms in total. The molecule has 1 fully saturated rings.